The largest absolute Gasteiger partial charge is 0.394 e. The molecule has 106 valence electrons. The molecule has 0 spiro atoms. The number of nitrogens with one attached hydrogen (secondary N) is 1. The van der Waals surface area contributed by atoms with Crippen LogP contribution in [0.1, 0.15) is 23.6 Å². The molecule has 0 aliphatic carbocycles. The summed E-state index contributed by atoms with van der Waals surface area (Å²) in [6, 6.07) is 14.3. The van der Waals surface area contributed by atoms with Gasteiger partial charge in [0.15, 0.2) is 0 Å². The molecule has 1 atom stereocenters. The Balaban J connectivity index is 2.43. The van der Waals surface area contributed by atoms with Gasteiger partial charge in [0.25, 0.3) is 0 Å². The van der Waals surface area contributed by atoms with Crippen LogP contribution in [0.2, 0.25) is 0 Å². The molecule has 2 aromatic rings. The fraction of sp³-hybridized carbons (Fsp3) is 0.294. The van der Waals surface area contributed by atoms with Gasteiger partial charge >= 0.3 is 0 Å². The molecule has 1 unspecified atom stereocenters. The van der Waals surface area contributed by atoms with E-state index in [0.717, 1.165) is 15.7 Å². The van der Waals surface area contributed by atoms with Gasteiger partial charge in [0, 0.05) is 10.2 Å². The molecule has 0 bridgehead atoms. The number of halogens is 1. The summed E-state index contributed by atoms with van der Waals surface area (Å²) in [5, 5.41) is 13.4. The summed E-state index contributed by atoms with van der Waals surface area (Å²) >= 11 is 3.54. The van der Waals surface area contributed by atoms with Gasteiger partial charge in [-0.15, -0.1) is 0 Å². The number of rotatable bonds is 4. The zero-order chi connectivity index (χ0) is 14.8. The third-order valence-corrected chi connectivity index (χ3v) is 4.28. The second kappa shape index (κ2) is 5.98. The fourth-order valence-corrected chi connectivity index (χ4v) is 2.77. The van der Waals surface area contributed by atoms with E-state index in [2.05, 4.69) is 53.3 Å². The number of hydrogen-bond acceptors (Lipinski definition) is 2. The van der Waals surface area contributed by atoms with Crippen molar-refractivity contribution in [2.45, 2.75) is 26.3 Å². The van der Waals surface area contributed by atoms with Gasteiger partial charge in [-0.05, 0) is 60.0 Å². The van der Waals surface area contributed by atoms with Crippen LogP contribution >= 0.6 is 15.9 Å². The Labute approximate surface area is 129 Å². The summed E-state index contributed by atoms with van der Waals surface area (Å²) in [4.78, 5) is 0. The number of aliphatic hydroxyl groups is 1. The van der Waals surface area contributed by atoms with Crippen molar-refractivity contribution >= 4 is 21.6 Å². The molecule has 2 nitrogen and oxygen atoms in total. The van der Waals surface area contributed by atoms with Crippen LogP contribution in [0.4, 0.5) is 5.69 Å². The minimum atomic E-state index is -0.514. The maximum atomic E-state index is 9.93. The third kappa shape index (κ3) is 3.05. The van der Waals surface area contributed by atoms with Crippen molar-refractivity contribution in [3.63, 3.8) is 0 Å². The topological polar surface area (TPSA) is 32.3 Å². The Morgan fingerprint density at radius 3 is 2.50 bits per heavy atom. The Kier molecular flexibility index (Phi) is 4.51. The predicted molar refractivity (Wildman–Crippen MR) is 88.1 cm³/mol. The highest BCUT2D eigenvalue weighted by molar-refractivity contribution is 9.10. The minimum Gasteiger partial charge on any atom is -0.394 e. The number of aliphatic hydroxyl groups excluding tert-OH is 1. The van der Waals surface area contributed by atoms with Crippen molar-refractivity contribution in [1.82, 2.24) is 0 Å². The van der Waals surface area contributed by atoms with E-state index in [0.29, 0.717) is 0 Å². The van der Waals surface area contributed by atoms with Gasteiger partial charge in [0.05, 0.1) is 12.1 Å². The smallest absolute Gasteiger partial charge is 0.0831 e. The summed E-state index contributed by atoms with van der Waals surface area (Å²) in [5.41, 5.74) is 3.95. The maximum Gasteiger partial charge on any atom is 0.0831 e. The van der Waals surface area contributed by atoms with Gasteiger partial charge < -0.3 is 10.4 Å². The van der Waals surface area contributed by atoms with Crippen molar-refractivity contribution in [3.8, 4) is 0 Å². The number of hydrogen-bond donors (Lipinski definition) is 2. The van der Waals surface area contributed by atoms with Crippen molar-refractivity contribution in [2.75, 3.05) is 11.9 Å². The number of benzene rings is 2. The minimum absolute atomic E-state index is 0.0264. The molecule has 2 rings (SSSR count). The van der Waals surface area contributed by atoms with Crippen LogP contribution in [-0.4, -0.2) is 11.7 Å². The van der Waals surface area contributed by atoms with Crippen LogP contribution in [0, 0.1) is 13.8 Å². The Bertz CT molecular complexity index is 612. The standard InChI is InChI=1S/C17H20BrNO/c1-12-8-9-13(2)14(10-12)17(3,11-20)19-16-7-5-4-6-15(16)18/h4-10,19-20H,11H2,1-3H3. The molecular formula is C17H20BrNO. The Hall–Kier alpha value is -1.32. The Morgan fingerprint density at radius 1 is 1.15 bits per heavy atom. The SMILES string of the molecule is Cc1ccc(C)c(C(C)(CO)Nc2ccccc2Br)c1. The van der Waals surface area contributed by atoms with Gasteiger partial charge in [-0.1, -0.05) is 35.9 Å². The molecular weight excluding hydrogens is 314 g/mol. The lowest BCUT2D eigenvalue weighted by atomic mass is 9.87. The van der Waals surface area contributed by atoms with Gasteiger partial charge in [-0.3, -0.25) is 0 Å². The van der Waals surface area contributed by atoms with E-state index in [4.69, 9.17) is 0 Å². The first-order valence-electron chi connectivity index (χ1n) is 6.67. The Morgan fingerprint density at radius 2 is 1.85 bits per heavy atom. The van der Waals surface area contributed by atoms with Crippen LogP contribution in [0.25, 0.3) is 0 Å². The normalized spacial score (nSPS) is 13.8. The second-order valence-corrected chi connectivity index (χ2v) is 6.27. The average molecular weight is 334 g/mol. The third-order valence-electron chi connectivity index (χ3n) is 3.59. The van der Waals surface area contributed by atoms with Crippen molar-refractivity contribution in [1.29, 1.82) is 0 Å². The molecule has 0 aliphatic heterocycles. The lowest BCUT2D eigenvalue weighted by Gasteiger charge is -2.32. The molecule has 0 aromatic heterocycles. The first-order chi connectivity index (χ1) is 9.46. The summed E-state index contributed by atoms with van der Waals surface area (Å²) < 4.78 is 0.991. The van der Waals surface area contributed by atoms with Crippen LogP contribution in [0.5, 0.6) is 0 Å². The lowest BCUT2D eigenvalue weighted by Crippen LogP contribution is -2.36. The molecule has 0 fully saturated rings. The first-order valence-corrected chi connectivity index (χ1v) is 7.47. The maximum absolute atomic E-state index is 9.93. The molecule has 0 aliphatic rings. The second-order valence-electron chi connectivity index (χ2n) is 5.41. The molecule has 2 N–H and O–H groups in total. The van der Waals surface area contributed by atoms with E-state index >= 15 is 0 Å². The zero-order valence-corrected chi connectivity index (χ0v) is 13.7. The first kappa shape index (κ1) is 15.1. The van der Waals surface area contributed by atoms with Crippen LogP contribution < -0.4 is 5.32 Å². The molecule has 2 aromatic carbocycles. The summed E-state index contributed by atoms with van der Waals surface area (Å²) in [6.45, 7) is 6.19. The number of aryl methyl sites for hydroxylation is 2. The predicted octanol–water partition coefficient (Wildman–Crippen LogP) is 4.39. The van der Waals surface area contributed by atoms with Gasteiger partial charge in [0.2, 0.25) is 0 Å². The van der Waals surface area contributed by atoms with E-state index < -0.39 is 5.54 Å². The molecule has 0 saturated carbocycles. The van der Waals surface area contributed by atoms with Crippen LogP contribution in [-0.2, 0) is 5.54 Å². The van der Waals surface area contributed by atoms with Gasteiger partial charge in [0.1, 0.15) is 0 Å². The fourth-order valence-electron chi connectivity index (χ4n) is 2.38. The van der Waals surface area contributed by atoms with Gasteiger partial charge in [-0.2, -0.15) is 0 Å². The van der Waals surface area contributed by atoms with Crippen LogP contribution in [0.15, 0.2) is 46.9 Å². The van der Waals surface area contributed by atoms with Crippen molar-refractivity contribution in [2.24, 2.45) is 0 Å². The quantitative estimate of drug-likeness (QED) is 0.869. The van der Waals surface area contributed by atoms with Crippen LogP contribution in [0.3, 0.4) is 0 Å². The highest BCUT2D eigenvalue weighted by atomic mass is 79.9. The summed E-state index contributed by atoms with van der Waals surface area (Å²) in [6.07, 6.45) is 0. The molecule has 0 heterocycles. The average Bonchev–Trinajstić information content (AvgIpc) is 2.44. The molecule has 0 amide bonds. The molecule has 3 heteroatoms. The van der Waals surface area contributed by atoms with E-state index in [9.17, 15) is 5.11 Å². The number of anilines is 1. The van der Waals surface area contributed by atoms with Crippen molar-refractivity contribution in [3.05, 3.63) is 63.6 Å². The van der Waals surface area contributed by atoms with E-state index in [-0.39, 0.29) is 6.61 Å². The van der Waals surface area contributed by atoms with Crippen molar-refractivity contribution < 1.29 is 5.11 Å². The van der Waals surface area contributed by atoms with E-state index in [1.807, 2.05) is 31.2 Å². The zero-order valence-electron chi connectivity index (χ0n) is 12.1. The summed E-state index contributed by atoms with van der Waals surface area (Å²) in [7, 11) is 0. The molecule has 0 saturated heterocycles. The summed E-state index contributed by atoms with van der Waals surface area (Å²) in [5.74, 6) is 0. The lowest BCUT2D eigenvalue weighted by molar-refractivity contribution is 0.223. The van der Waals surface area contributed by atoms with Gasteiger partial charge in [-0.25, -0.2) is 0 Å². The highest BCUT2D eigenvalue weighted by Gasteiger charge is 2.28. The molecule has 0 radical (unpaired) electrons. The monoisotopic (exact) mass is 333 g/mol. The molecule has 20 heavy (non-hydrogen) atoms. The van der Waals surface area contributed by atoms with E-state index in [1.54, 1.807) is 0 Å². The number of para-hydroxylation sites is 1. The van der Waals surface area contributed by atoms with E-state index in [1.165, 1.54) is 11.1 Å². The highest BCUT2D eigenvalue weighted by Crippen LogP contribution is 2.32.